The Morgan fingerprint density at radius 1 is 1.27 bits per heavy atom. The van der Waals surface area contributed by atoms with Gasteiger partial charge in [-0.15, -0.1) is 0 Å². The van der Waals surface area contributed by atoms with Gasteiger partial charge >= 0.3 is 0 Å². The van der Waals surface area contributed by atoms with Crippen molar-refractivity contribution in [2.24, 2.45) is 0 Å². The fourth-order valence-electron chi connectivity index (χ4n) is 2.36. The molecule has 0 aliphatic carbocycles. The molecule has 0 saturated heterocycles. The summed E-state index contributed by atoms with van der Waals surface area (Å²) in [4.78, 5) is 37.1. The van der Waals surface area contributed by atoms with Gasteiger partial charge in [0.1, 0.15) is 0 Å². The number of nitrogens with zero attached hydrogens (tertiary/aromatic N) is 1. The molecule has 3 amide bonds. The Morgan fingerprint density at radius 3 is 2.64 bits per heavy atom. The molecule has 0 fully saturated rings. The lowest BCUT2D eigenvalue weighted by Crippen LogP contribution is -2.33. The van der Waals surface area contributed by atoms with Crippen molar-refractivity contribution >= 4 is 17.7 Å². The Bertz CT molecular complexity index is 610. The summed E-state index contributed by atoms with van der Waals surface area (Å²) in [5.41, 5.74) is 1.79. The number of fused-ring (bicyclic) bond motifs is 1. The maximum absolute atomic E-state index is 12.2. The Kier molecular flexibility index (Phi) is 4.92. The third kappa shape index (κ3) is 3.51. The summed E-state index contributed by atoms with van der Waals surface area (Å²) in [6.07, 6.45) is 0.0123. The second-order valence-corrected chi connectivity index (χ2v) is 5.57. The molecule has 1 aromatic carbocycles. The molecular formula is C16H20N2O4. The smallest absolute Gasteiger partial charge is 0.261 e. The second-order valence-electron chi connectivity index (χ2n) is 5.57. The molecule has 22 heavy (non-hydrogen) atoms. The molecular weight excluding hydrogens is 284 g/mol. The molecule has 0 saturated carbocycles. The van der Waals surface area contributed by atoms with Crippen LogP contribution in [0.25, 0.3) is 0 Å². The summed E-state index contributed by atoms with van der Waals surface area (Å²) >= 11 is 0. The zero-order valence-electron chi connectivity index (χ0n) is 12.8. The minimum atomic E-state index is -0.594. The van der Waals surface area contributed by atoms with Crippen LogP contribution in [0.15, 0.2) is 18.2 Å². The van der Waals surface area contributed by atoms with Crippen molar-refractivity contribution in [1.29, 1.82) is 0 Å². The molecule has 1 heterocycles. The Labute approximate surface area is 129 Å². The van der Waals surface area contributed by atoms with Crippen LogP contribution in [-0.2, 0) is 4.79 Å². The van der Waals surface area contributed by atoms with Crippen LogP contribution in [0.4, 0.5) is 0 Å². The normalized spacial score (nSPS) is 15.0. The zero-order valence-corrected chi connectivity index (χ0v) is 12.8. The van der Waals surface area contributed by atoms with Crippen LogP contribution in [0.3, 0.4) is 0 Å². The monoisotopic (exact) mass is 304 g/mol. The maximum Gasteiger partial charge on any atom is 0.261 e. The summed E-state index contributed by atoms with van der Waals surface area (Å²) < 4.78 is 0. The van der Waals surface area contributed by atoms with E-state index in [1.807, 2.05) is 6.92 Å². The predicted octanol–water partition coefficient (Wildman–Crippen LogP) is 0.868. The molecule has 2 rings (SSSR count). The van der Waals surface area contributed by atoms with Gasteiger partial charge in [-0.05, 0) is 32.4 Å². The summed E-state index contributed by atoms with van der Waals surface area (Å²) in [6.45, 7) is 3.87. The first-order valence-corrected chi connectivity index (χ1v) is 7.31. The molecule has 118 valence electrons. The molecule has 0 unspecified atom stereocenters. The quantitative estimate of drug-likeness (QED) is 0.763. The van der Waals surface area contributed by atoms with E-state index in [4.69, 9.17) is 5.11 Å². The fourth-order valence-corrected chi connectivity index (χ4v) is 2.36. The van der Waals surface area contributed by atoms with Crippen molar-refractivity contribution in [1.82, 2.24) is 10.2 Å². The molecule has 0 aromatic heterocycles. The number of aryl methyl sites for hydroxylation is 1. The first-order chi connectivity index (χ1) is 10.4. The Balaban J connectivity index is 1.89. The van der Waals surface area contributed by atoms with Gasteiger partial charge in [-0.1, -0.05) is 11.6 Å². The molecule has 6 heteroatoms. The van der Waals surface area contributed by atoms with E-state index in [9.17, 15) is 14.4 Å². The second kappa shape index (κ2) is 6.70. The van der Waals surface area contributed by atoms with Crippen LogP contribution in [0.5, 0.6) is 0 Å². The fraction of sp³-hybridized carbons (Fsp3) is 0.438. The molecule has 2 N–H and O–H groups in total. The van der Waals surface area contributed by atoms with Gasteiger partial charge in [0.2, 0.25) is 5.91 Å². The van der Waals surface area contributed by atoms with E-state index in [0.717, 1.165) is 5.56 Å². The molecule has 6 nitrogen and oxygen atoms in total. The van der Waals surface area contributed by atoms with Gasteiger partial charge in [-0.25, -0.2) is 0 Å². The van der Waals surface area contributed by atoms with Crippen molar-refractivity contribution in [2.45, 2.75) is 32.8 Å². The van der Waals surface area contributed by atoms with E-state index in [1.54, 1.807) is 25.1 Å². The van der Waals surface area contributed by atoms with Crippen LogP contribution in [0.2, 0.25) is 0 Å². The van der Waals surface area contributed by atoms with Crippen LogP contribution >= 0.6 is 0 Å². The van der Waals surface area contributed by atoms with Gasteiger partial charge < -0.3 is 10.4 Å². The minimum absolute atomic E-state index is 0.200. The van der Waals surface area contributed by atoms with Crippen molar-refractivity contribution < 1.29 is 19.5 Å². The molecule has 1 aliphatic heterocycles. The van der Waals surface area contributed by atoms with Gasteiger partial charge in [0.15, 0.2) is 0 Å². The molecule has 1 aliphatic rings. The van der Waals surface area contributed by atoms with E-state index in [-0.39, 0.29) is 37.2 Å². The van der Waals surface area contributed by atoms with Crippen molar-refractivity contribution in [2.75, 3.05) is 13.1 Å². The number of carbonyl (C=O) groups excluding carboxylic acids is 3. The predicted molar refractivity (Wildman–Crippen MR) is 80.5 cm³/mol. The average Bonchev–Trinajstić information content (AvgIpc) is 2.69. The topological polar surface area (TPSA) is 86.7 Å². The number of hydrogen-bond donors (Lipinski definition) is 2. The van der Waals surface area contributed by atoms with Crippen LogP contribution in [-0.4, -0.2) is 46.9 Å². The first-order valence-electron chi connectivity index (χ1n) is 7.31. The van der Waals surface area contributed by atoms with E-state index < -0.39 is 6.10 Å². The lowest BCUT2D eigenvalue weighted by Gasteiger charge is -2.13. The summed E-state index contributed by atoms with van der Waals surface area (Å²) in [5.74, 6) is -0.800. The number of rotatable bonds is 6. The highest BCUT2D eigenvalue weighted by atomic mass is 16.3. The van der Waals surface area contributed by atoms with Crippen LogP contribution < -0.4 is 5.32 Å². The number of hydrogen-bond acceptors (Lipinski definition) is 4. The van der Waals surface area contributed by atoms with E-state index in [2.05, 4.69) is 5.32 Å². The van der Waals surface area contributed by atoms with Gasteiger partial charge in [0.05, 0.1) is 17.2 Å². The van der Waals surface area contributed by atoms with E-state index in [1.165, 1.54) is 4.90 Å². The largest absolute Gasteiger partial charge is 0.392 e. The Hall–Kier alpha value is -2.21. The van der Waals surface area contributed by atoms with Gasteiger partial charge in [0, 0.05) is 19.5 Å². The van der Waals surface area contributed by atoms with Gasteiger partial charge in [0.25, 0.3) is 11.8 Å². The number of aliphatic hydroxyl groups excluding tert-OH is 1. The van der Waals surface area contributed by atoms with E-state index >= 15 is 0 Å². The molecule has 0 bridgehead atoms. The summed E-state index contributed by atoms with van der Waals surface area (Å²) in [7, 11) is 0. The minimum Gasteiger partial charge on any atom is -0.392 e. The number of imide groups is 1. The van der Waals surface area contributed by atoms with Crippen molar-refractivity contribution in [3.63, 3.8) is 0 Å². The number of nitrogens with one attached hydrogen (secondary N) is 1. The van der Waals surface area contributed by atoms with Crippen molar-refractivity contribution in [3.05, 3.63) is 34.9 Å². The SMILES string of the molecule is Cc1ccc2c(c1)C(=O)N(CCCC(=O)NC[C@H](C)O)C2=O. The highest BCUT2D eigenvalue weighted by Crippen LogP contribution is 2.24. The molecule has 1 atom stereocenters. The standard InChI is InChI=1S/C16H20N2O4/c1-10-5-6-12-13(8-10)16(22)18(15(12)21)7-3-4-14(20)17-9-11(2)19/h5-6,8,11,19H,3-4,7,9H2,1-2H3,(H,17,20)/t11-/m0/s1. The first kappa shape index (κ1) is 16.2. The van der Waals surface area contributed by atoms with Gasteiger partial charge in [-0.3, -0.25) is 19.3 Å². The van der Waals surface area contributed by atoms with E-state index in [0.29, 0.717) is 17.5 Å². The molecule has 0 spiro atoms. The number of carbonyl (C=O) groups is 3. The number of benzene rings is 1. The lowest BCUT2D eigenvalue weighted by atomic mass is 10.1. The van der Waals surface area contributed by atoms with Gasteiger partial charge in [-0.2, -0.15) is 0 Å². The maximum atomic E-state index is 12.2. The third-order valence-corrected chi connectivity index (χ3v) is 3.51. The third-order valence-electron chi connectivity index (χ3n) is 3.51. The summed E-state index contributed by atoms with van der Waals surface area (Å²) in [6, 6.07) is 5.18. The highest BCUT2D eigenvalue weighted by Gasteiger charge is 2.34. The van der Waals surface area contributed by atoms with Crippen LogP contribution in [0.1, 0.15) is 46.0 Å². The highest BCUT2D eigenvalue weighted by molar-refractivity contribution is 6.21. The average molecular weight is 304 g/mol. The molecule has 0 radical (unpaired) electrons. The lowest BCUT2D eigenvalue weighted by molar-refractivity contribution is -0.121. The Morgan fingerprint density at radius 2 is 1.95 bits per heavy atom. The van der Waals surface area contributed by atoms with Crippen molar-refractivity contribution in [3.8, 4) is 0 Å². The van der Waals surface area contributed by atoms with Crippen LogP contribution in [0, 0.1) is 6.92 Å². The molecule has 1 aromatic rings. The zero-order chi connectivity index (χ0) is 16.3. The summed E-state index contributed by atoms with van der Waals surface area (Å²) in [5, 5.41) is 11.7. The number of aliphatic hydroxyl groups is 1. The number of amides is 3.